The Balaban J connectivity index is 1.65. The van der Waals surface area contributed by atoms with Gasteiger partial charge in [0, 0.05) is 11.3 Å². The second-order valence-corrected chi connectivity index (χ2v) is 10.8. The summed E-state index contributed by atoms with van der Waals surface area (Å²) >= 11 is 0. The van der Waals surface area contributed by atoms with E-state index in [-0.39, 0.29) is 22.4 Å². The van der Waals surface area contributed by atoms with Crippen molar-refractivity contribution in [1.82, 2.24) is 5.32 Å². The first kappa shape index (κ1) is 25.2. The fourth-order valence-electron chi connectivity index (χ4n) is 4.25. The molecule has 0 heterocycles. The summed E-state index contributed by atoms with van der Waals surface area (Å²) in [6.45, 7) is 7.56. The summed E-state index contributed by atoms with van der Waals surface area (Å²) < 4.78 is 29.2. The molecule has 0 aliphatic heterocycles. The molecular formula is C30H30N2O3S. The Morgan fingerprint density at radius 2 is 1.31 bits per heavy atom. The number of anilines is 1. The van der Waals surface area contributed by atoms with Crippen molar-refractivity contribution < 1.29 is 13.2 Å². The van der Waals surface area contributed by atoms with Gasteiger partial charge in [0.2, 0.25) is 0 Å². The normalized spacial score (nSPS) is 12.1. The van der Waals surface area contributed by atoms with Gasteiger partial charge >= 0.3 is 0 Å². The van der Waals surface area contributed by atoms with Crippen LogP contribution in [0.5, 0.6) is 0 Å². The molecule has 4 aromatic carbocycles. The van der Waals surface area contributed by atoms with Crippen LogP contribution in [0.4, 0.5) is 5.69 Å². The number of carbonyl (C=O) groups is 1. The van der Waals surface area contributed by atoms with E-state index in [1.165, 1.54) is 6.07 Å². The number of benzene rings is 4. The van der Waals surface area contributed by atoms with Gasteiger partial charge in [-0.3, -0.25) is 9.52 Å². The second kappa shape index (κ2) is 10.4. The predicted molar refractivity (Wildman–Crippen MR) is 145 cm³/mol. The van der Waals surface area contributed by atoms with E-state index in [4.69, 9.17) is 0 Å². The lowest BCUT2D eigenvalue weighted by Crippen LogP contribution is -2.29. The van der Waals surface area contributed by atoms with E-state index in [9.17, 15) is 13.2 Å². The van der Waals surface area contributed by atoms with Crippen LogP contribution in [0.2, 0.25) is 0 Å². The Labute approximate surface area is 213 Å². The Hall–Kier alpha value is -3.90. The maximum atomic E-state index is 13.4. The minimum Gasteiger partial charge on any atom is -0.341 e. The largest absolute Gasteiger partial charge is 0.341 e. The Bertz CT molecular complexity index is 1480. The predicted octanol–water partition coefficient (Wildman–Crippen LogP) is 6.24. The highest BCUT2D eigenvalue weighted by atomic mass is 32.2. The smallest absolute Gasteiger partial charge is 0.262 e. The third-order valence-corrected chi connectivity index (χ3v) is 7.56. The molecule has 0 aliphatic rings. The first-order valence-electron chi connectivity index (χ1n) is 11.8. The van der Waals surface area contributed by atoms with Crippen molar-refractivity contribution in [1.29, 1.82) is 0 Å². The van der Waals surface area contributed by atoms with Crippen molar-refractivity contribution >= 4 is 21.6 Å². The summed E-state index contributed by atoms with van der Waals surface area (Å²) in [6.07, 6.45) is 0. The lowest BCUT2D eigenvalue weighted by atomic mass is 9.97. The fourth-order valence-corrected chi connectivity index (χ4v) is 5.56. The van der Waals surface area contributed by atoms with E-state index in [2.05, 4.69) is 10.0 Å². The molecule has 0 bridgehead atoms. The third kappa shape index (κ3) is 5.83. The van der Waals surface area contributed by atoms with E-state index in [1.54, 1.807) is 31.2 Å². The molecule has 1 unspecified atom stereocenters. The molecular weight excluding hydrogens is 468 g/mol. The van der Waals surface area contributed by atoms with Crippen LogP contribution >= 0.6 is 0 Å². The van der Waals surface area contributed by atoms with Crippen molar-refractivity contribution in [2.75, 3.05) is 4.72 Å². The van der Waals surface area contributed by atoms with Gasteiger partial charge in [0.15, 0.2) is 0 Å². The molecule has 0 spiro atoms. The van der Waals surface area contributed by atoms with Gasteiger partial charge in [0.25, 0.3) is 15.9 Å². The van der Waals surface area contributed by atoms with Crippen molar-refractivity contribution in [3.05, 3.63) is 130 Å². The van der Waals surface area contributed by atoms with Crippen LogP contribution in [-0.2, 0) is 10.0 Å². The zero-order chi connectivity index (χ0) is 25.9. The Morgan fingerprint density at radius 1 is 0.694 bits per heavy atom. The average molecular weight is 499 g/mol. The first-order chi connectivity index (χ1) is 17.1. The SMILES string of the molecule is Cc1ccc(C(NC(=O)c2ccc(C)c(S(=O)(=O)Nc3cc(C)cc(C)c3)c2)c2ccccc2)cc1. The van der Waals surface area contributed by atoms with Crippen LogP contribution in [0.25, 0.3) is 0 Å². The zero-order valence-electron chi connectivity index (χ0n) is 20.9. The molecule has 0 fully saturated rings. The van der Waals surface area contributed by atoms with E-state index in [0.29, 0.717) is 11.3 Å². The number of carbonyl (C=O) groups excluding carboxylic acids is 1. The molecule has 6 heteroatoms. The maximum absolute atomic E-state index is 13.4. The lowest BCUT2D eigenvalue weighted by molar-refractivity contribution is 0.0942. The Morgan fingerprint density at radius 3 is 1.94 bits per heavy atom. The number of rotatable bonds is 7. The summed E-state index contributed by atoms with van der Waals surface area (Å²) in [5.74, 6) is -0.354. The lowest BCUT2D eigenvalue weighted by Gasteiger charge is -2.21. The molecule has 0 radical (unpaired) electrons. The highest BCUT2D eigenvalue weighted by Crippen LogP contribution is 2.25. The standard InChI is InChI=1S/C30H30N2O3S/c1-20-10-13-25(14-11-20)29(24-8-6-5-7-9-24)31-30(33)26-15-12-23(4)28(19-26)36(34,35)32-27-17-21(2)16-22(3)18-27/h5-19,29,32H,1-4H3,(H,31,33). The molecule has 36 heavy (non-hydrogen) atoms. The molecule has 0 saturated heterocycles. The van der Waals surface area contributed by atoms with E-state index < -0.39 is 10.0 Å². The van der Waals surface area contributed by atoms with Crippen LogP contribution in [-0.4, -0.2) is 14.3 Å². The van der Waals surface area contributed by atoms with E-state index in [1.807, 2.05) is 81.4 Å². The second-order valence-electron chi connectivity index (χ2n) is 9.19. The van der Waals surface area contributed by atoms with Gasteiger partial charge in [-0.25, -0.2) is 8.42 Å². The third-order valence-electron chi connectivity index (χ3n) is 6.03. The number of sulfonamides is 1. The van der Waals surface area contributed by atoms with Gasteiger partial charge in [-0.15, -0.1) is 0 Å². The first-order valence-corrected chi connectivity index (χ1v) is 13.2. The molecule has 5 nitrogen and oxygen atoms in total. The van der Waals surface area contributed by atoms with Crippen molar-refractivity contribution in [2.45, 2.75) is 38.6 Å². The van der Waals surface area contributed by atoms with Crippen LogP contribution in [0.15, 0.2) is 95.9 Å². The van der Waals surface area contributed by atoms with Gasteiger partial charge < -0.3 is 5.32 Å². The van der Waals surface area contributed by atoms with Crippen LogP contribution in [0.1, 0.15) is 49.8 Å². The topological polar surface area (TPSA) is 75.3 Å². The molecule has 0 aromatic heterocycles. The van der Waals surface area contributed by atoms with E-state index in [0.717, 1.165) is 27.8 Å². The molecule has 2 N–H and O–H groups in total. The van der Waals surface area contributed by atoms with Crippen molar-refractivity contribution in [2.24, 2.45) is 0 Å². The molecule has 4 rings (SSSR count). The summed E-state index contributed by atoms with van der Waals surface area (Å²) in [5, 5.41) is 3.09. The fraction of sp³-hybridized carbons (Fsp3) is 0.167. The van der Waals surface area contributed by atoms with Gasteiger partial charge in [0.1, 0.15) is 0 Å². The summed E-state index contributed by atoms with van der Waals surface area (Å²) in [7, 11) is -3.90. The molecule has 1 amide bonds. The van der Waals surface area contributed by atoms with Gasteiger partial charge in [-0.2, -0.15) is 0 Å². The number of nitrogens with one attached hydrogen (secondary N) is 2. The quantitative estimate of drug-likeness (QED) is 0.317. The van der Waals surface area contributed by atoms with Crippen LogP contribution < -0.4 is 10.0 Å². The number of amides is 1. The number of hydrogen-bond acceptors (Lipinski definition) is 3. The Kier molecular flexibility index (Phi) is 7.27. The summed E-state index contributed by atoms with van der Waals surface area (Å²) in [4.78, 5) is 13.5. The minimum absolute atomic E-state index is 0.0703. The maximum Gasteiger partial charge on any atom is 0.262 e. The monoisotopic (exact) mass is 498 g/mol. The molecule has 0 aliphatic carbocycles. The number of aryl methyl sites for hydroxylation is 4. The summed E-state index contributed by atoms with van der Waals surface area (Å²) in [5.41, 5.74) is 6.24. The minimum atomic E-state index is -3.90. The van der Waals surface area contributed by atoms with Gasteiger partial charge in [-0.1, -0.05) is 72.3 Å². The number of hydrogen-bond donors (Lipinski definition) is 2. The summed E-state index contributed by atoms with van der Waals surface area (Å²) in [6, 6.07) is 27.6. The highest BCUT2D eigenvalue weighted by Gasteiger charge is 2.22. The molecule has 0 saturated carbocycles. The molecule has 184 valence electrons. The molecule has 1 atom stereocenters. The van der Waals surface area contributed by atoms with E-state index >= 15 is 0 Å². The van der Waals surface area contributed by atoms with Gasteiger partial charge in [0.05, 0.1) is 10.9 Å². The van der Waals surface area contributed by atoms with Gasteiger partial charge in [-0.05, 0) is 79.8 Å². The van der Waals surface area contributed by atoms with Crippen LogP contribution in [0, 0.1) is 27.7 Å². The zero-order valence-corrected chi connectivity index (χ0v) is 21.7. The highest BCUT2D eigenvalue weighted by molar-refractivity contribution is 7.92. The van der Waals surface area contributed by atoms with Crippen molar-refractivity contribution in [3.63, 3.8) is 0 Å². The average Bonchev–Trinajstić information content (AvgIpc) is 2.83. The van der Waals surface area contributed by atoms with Crippen molar-refractivity contribution in [3.8, 4) is 0 Å². The molecule has 4 aromatic rings. The van der Waals surface area contributed by atoms with Crippen LogP contribution in [0.3, 0.4) is 0 Å².